The molecule has 0 saturated heterocycles. The fourth-order valence-electron chi connectivity index (χ4n) is 1.86. The van der Waals surface area contributed by atoms with Crippen molar-refractivity contribution in [2.24, 2.45) is 0 Å². The molecule has 2 N–H and O–H groups in total. The van der Waals surface area contributed by atoms with E-state index in [0.29, 0.717) is 19.0 Å². The van der Waals surface area contributed by atoms with Gasteiger partial charge in [0.25, 0.3) is 0 Å². The first-order valence-electron chi connectivity index (χ1n) is 6.40. The van der Waals surface area contributed by atoms with E-state index in [2.05, 4.69) is 10.6 Å². The third-order valence-electron chi connectivity index (χ3n) is 2.98. The summed E-state index contributed by atoms with van der Waals surface area (Å²) >= 11 is 0. The number of amides is 1. The van der Waals surface area contributed by atoms with Gasteiger partial charge in [-0.2, -0.15) is 0 Å². The van der Waals surface area contributed by atoms with Crippen molar-refractivity contribution < 1.29 is 9.18 Å². The third-order valence-corrected chi connectivity index (χ3v) is 2.98. The minimum Gasteiger partial charge on any atom is -0.352 e. The lowest BCUT2D eigenvalue weighted by Crippen LogP contribution is -2.39. The first-order valence-corrected chi connectivity index (χ1v) is 6.40. The van der Waals surface area contributed by atoms with Gasteiger partial charge < -0.3 is 10.6 Å². The van der Waals surface area contributed by atoms with Gasteiger partial charge in [0.2, 0.25) is 5.91 Å². The van der Waals surface area contributed by atoms with Gasteiger partial charge in [-0.1, -0.05) is 12.1 Å². The summed E-state index contributed by atoms with van der Waals surface area (Å²) in [6.07, 6.45) is 2.92. The van der Waals surface area contributed by atoms with Gasteiger partial charge in [0.05, 0.1) is 6.54 Å². The number of nitrogens with one attached hydrogen (secondary N) is 2. The van der Waals surface area contributed by atoms with E-state index in [1.165, 1.54) is 12.1 Å². The maximum Gasteiger partial charge on any atom is 0.234 e. The first kappa shape index (κ1) is 13.0. The lowest BCUT2D eigenvalue weighted by atomic mass is 10.1. The monoisotopic (exact) mass is 250 g/mol. The molecule has 2 rings (SSSR count). The van der Waals surface area contributed by atoms with Gasteiger partial charge in [0.1, 0.15) is 5.82 Å². The van der Waals surface area contributed by atoms with Crippen LogP contribution in [0.25, 0.3) is 0 Å². The van der Waals surface area contributed by atoms with Crippen LogP contribution in [0.3, 0.4) is 0 Å². The quantitative estimate of drug-likeness (QED) is 0.805. The molecule has 0 radical (unpaired) electrons. The summed E-state index contributed by atoms with van der Waals surface area (Å²) in [4.78, 5) is 11.5. The second-order valence-electron chi connectivity index (χ2n) is 4.96. The number of rotatable bonds is 6. The molecule has 98 valence electrons. The van der Waals surface area contributed by atoms with Gasteiger partial charge in [0, 0.05) is 12.1 Å². The van der Waals surface area contributed by atoms with Crippen LogP contribution < -0.4 is 10.6 Å². The largest absolute Gasteiger partial charge is 0.352 e. The highest BCUT2D eigenvalue weighted by Gasteiger charge is 2.22. The molecule has 0 spiro atoms. The topological polar surface area (TPSA) is 41.1 Å². The van der Waals surface area contributed by atoms with Crippen LogP contribution in [0.1, 0.15) is 25.3 Å². The van der Waals surface area contributed by atoms with Crippen molar-refractivity contribution in [2.45, 2.75) is 38.3 Å². The molecule has 1 unspecified atom stereocenters. The van der Waals surface area contributed by atoms with E-state index in [-0.39, 0.29) is 17.8 Å². The molecule has 1 fully saturated rings. The van der Waals surface area contributed by atoms with Crippen molar-refractivity contribution in [3.63, 3.8) is 0 Å². The molecular weight excluding hydrogens is 231 g/mol. The summed E-state index contributed by atoms with van der Waals surface area (Å²) in [5.74, 6) is -0.172. The minimum absolute atomic E-state index is 0.0450. The number of halogens is 1. The van der Waals surface area contributed by atoms with E-state index < -0.39 is 0 Å². The lowest BCUT2D eigenvalue weighted by molar-refractivity contribution is -0.120. The van der Waals surface area contributed by atoms with Crippen LogP contribution in [0, 0.1) is 5.82 Å². The van der Waals surface area contributed by atoms with E-state index >= 15 is 0 Å². The highest BCUT2D eigenvalue weighted by molar-refractivity contribution is 5.78. The molecule has 1 aliphatic carbocycles. The number of benzene rings is 1. The number of carbonyl (C=O) groups excluding carboxylic acids is 1. The molecule has 1 aromatic rings. The zero-order chi connectivity index (χ0) is 13.0. The van der Waals surface area contributed by atoms with Gasteiger partial charge in [-0.25, -0.2) is 4.39 Å². The summed E-state index contributed by atoms with van der Waals surface area (Å²) in [7, 11) is 0. The Balaban J connectivity index is 1.70. The Hall–Kier alpha value is -1.42. The summed E-state index contributed by atoms with van der Waals surface area (Å²) in [5, 5.41) is 6.07. The Morgan fingerprint density at radius 2 is 2.28 bits per heavy atom. The van der Waals surface area contributed by atoms with Crippen LogP contribution in [0.5, 0.6) is 0 Å². The van der Waals surface area contributed by atoms with E-state index in [0.717, 1.165) is 18.4 Å². The zero-order valence-corrected chi connectivity index (χ0v) is 10.6. The Morgan fingerprint density at radius 3 is 2.94 bits per heavy atom. The molecule has 0 heterocycles. The first-order chi connectivity index (χ1) is 8.63. The van der Waals surface area contributed by atoms with E-state index in [9.17, 15) is 9.18 Å². The number of hydrogen-bond acceptors (Lipinski definition) is 2. The van der Waals surface area contributed by atoms with Crippen LogP contribution in [0.2, 0.25) is 0 Å². The van der Waals surface area contributed by atoms with Gasteiger partial charge in [-0.3, -0.25) is 4.79 Å². The maximum atomic E-state index is 13.0. The standard InChI is InChI=1S/C14H19FN2O/c1-10(7-11-3-2-4-12(15)8-11)16-9-14(18)17-13-5-6-13/h2-4,8,10,13,16H,5-7,9H2,1H3,(H,17,18). The maximum absolute atomic E-state index is 13.0. The minimum atomic E-state index is -0.217. The normalized spacial score (nSPS) is 16.3. The van der Waals surface area contributed by atoms with Crippen LogP contribution in [0.4, 0.5) is 4.39 Å². The van der Waals surface area contributed by atoms with Crippen molar-refractivity contribution in [3.8, 4) is 0 Å². The van der Waals surface area contributed by atoms with Crippen molar-refractivity contribution in [3.05, 3.63) is 35.6 Å². The average molecular weight is 250 g/mol. The molecule has 4 heteroatoms. The fourth-order valence-corrected chi connectivity index (χ4v) is 1.86. The van der Waals surface area contributed by atoms with Gasteiger partial charge >= 0.3 is 0 Å². The van der Waals surface area contributed by atoms with E-state index in [1.807, 2.05) is 13.0 Å². The van der Waals surface area contributed by atoms with Crippen LogP contribution >= 0.6 is 0 Å². The van der Waals surface area contributed by atoms with Gasteiger partial charge in [0.15, 0.2) is 0 Å². The highest BCUT2D eigenvalue weighted by atomic mass is 19.1. The van der Waals surface area contributed by atoms with Crippen molar-refractivity contribution >= 4 is 5.91 Å². The number of hydrogen-bond donors (Lipinski definition) is 2. The van der Waals surface area contributed by atoms with Crippen LogP contribution in [-0.2, 0) is 11.2 Å². The molecule has 0 aliphatic heterocycles. The van der Waals surface area contributed by atoms with Crippen molar-refractivity contribution in [1.29, 1.82) is 0 Å². The zero-order valence-electron chi connectivity index (χ0n) is 10.6. The second-order valence-corrected chi connectivity index (χ2v) is 4.96. The third kappa shape index (κ3) is 4.45. The SMILES string of the molecule is CC(Cc1cccc(F)c1)NCC(=O)NC1CC1. The number of carbonyl (C=O) groups is 1. The average Bonchev–Trinajstić information content (AvgIpc) is 3.10. The Kier molecular flexibility index (Phi) is 4.31. The molecule has 1 aromatic carbocycles. The van der Waals surface area contributed by atoms with Crippen LogP contribution in [0.15, 0.2) is 24.3 Å². The smallest absolute Gasteiger partial charge is 0.234 e. The summed E-state index contributed by atoms with van der Waals surface area (Å²) in [6, 6.07) is 7.12. The van der Waals surface area contributed by atoms with Gasteiger partial charge in [-0.05, 0) is 43.9 Å². The van der Waals surface area contributed by atoms with E-state index in [4.69, 9.17) is 0 Å². The molecule has 1 atom stereocenters. The predicted molar refractivity (Wildman–Crippen MR) is 68.7 cm³/mol. The predicted octanol–water partition coefficient (Wildman–Crippen LogP) is 1.62. The molecule has 0 bridgehead atoms. The molecule has 1 aliphatic rings. The Labute approximate surface area is 107 Å². The molecule has 18 heavy (non-hydrogen) atoms. The Bertz CT molecular complexity index is 418. The highest BCUT2D eigenvalue weighted by Crippen LogP contribution is 2.18. The summed E-state index contributed by atoms with van der Waals surface area (Å²) in [5.41, 5.74) is 0.942. The van der Waals surface area contributed by atoms with Crippen molar-refractivity contribution in [1.82, 2.24) is 10.6 Å². The fraction of sp³-hybridized carbons (Fsp3) is 0.500. The van der Waals surface area contributed by atoms with Crippen LogP contribution in [-0.4, -0.2) is 24.5 Å². The molecular formula is C14H19FN2O. The van der Waals surface area contributed by atoms with E-state index in [1.54, 1.807) is 6.07 Å². The molecule has 1 amide bonds. The lowest BCUT2D eigenvalue weighted by Gasteiger charge is -2.13. The molecule has 0 aromatic heterocycles. The molecule has 3 nitrogen and oxygen atoms in total. The Morgan fingerprint density at radius 1 is 1.50 bits per heavy atom. The van der Waals surface area contributed by atoms with Crippen molar-refractivity contribution in [2.75, 3.05) is 6.54 Å². The second kappa shape index (κ2) is 5.96. The van der Waals surface area contributed by atoms with Gasteiger partial charge in [-0.15, -0.1) is 0 Å². The summed E-state index contributed by atoms with van der Waals surface area (Å²) < 4.78 is 13.0. The summed E-state index contributed by atoms with van der Waals surface area (Å²) in [6.45, 7) is 2.32. The molecule has 1 saturated carbocycles.